The van der Waals surface area contributed by atoms with Crippen LogP contribution in [0.1, 0.15) is 30.6 Å². The third-order valence-electron chi connectivity index (χ3n) is 4.52. The van der Waals surface area contributed by atoms with Crippen molar-refractivity contribution >= 4 is 29.5 Å². The monoisotopic (exact) mass is 453 g/mol. The molecule has 0 aromatic heterocycles. The molecule has 31 heavy (non-hydrogen) atoms. The van der Waals surface area contributed by atoms with Crippen molar-refractivity contribution in [2.45, 2.75) is 20.3 Å². The summed E-state index contributed by atoms with van der Waals surface area (Å²) in [6.45, 7) is 7.02. The summed E-state index contributed by atoms with van der Waals surface area (Å²) < 4.78 is 16.2. The Bertz CT molecular complexity index is 753. The Morgan fingerprint density at radius 3 is 2.55 bits per heavy atom. The average molecular weight is 454 g/mol. The van der Waals surface area contributed by atoms with Crippen molar-refractivity contribution in [2.75, 3.05) is 51.5 Å². The molecule has 3 amide bonds. The van der Waals surface area contributed by atoms with Gasteiger partial charge in [0.05, 0.1) is 38.4 Å². The second-order valence-corrected chi connectivity index (χ2v) is 8.37. The van der Waals surface area contributed by atoms with Gasteiger partial charge in [-0.3, -0.25) is 25.2 Å². The number of benzene rings is 1. The minimum absolute atomic E-state index is 0.0204. The standard InChI is InChI=1S/C21H31N3O6S/c1-15(2)6-9-30-17-5-4-16(12-18(17)28-3)21(27)23-22-19(25)13-31-14-20(26)24-7-10-29-11-8-24/h4-5,12,15H,6-11,13-14H2,1-3H3,(H,22,25)(H,23,27). The van der Waals surface area contributed by atoms with E-state index in [4.69, 9.17) is 14.2 Å². The van der Waals surface area contributed by atoms with Gasteiger partial charge in [-0.1, -0.05) is 13.8 Å². The molecule has 1 saturated heterocycles. The second-order valence-electron chi connectivity index (χ2n) is 7.38. The van der Waals surface area contributed by atoms with Gasteiger partial charge in [0.25, 0.3) is 5.91 Å². The van der Waals surface area contributed by atoms with Crippen molar-refractivity contribution in [1.82, 2.24) is 15.8 Å². The fourth-order valence-electron chi connectivity index (χ4n) is 2.70. The van der Waals surface area contributed by atoms with Gasteiger partial charge in [-0.05, 0) is 30.5 Å². The van der Waals surface area contributed by atoms with Crippen LogP contribution in [0.2, 0.25) is 0 Å². The van der Waals surface area contributed by atoms with Gasteiger partial charge in [0, 0.05) is 18.7 Å². The van der Waals surface area contributed by atoms with Gasteiger partial charge in [0.2, 0.25) is 11.8 Å². The number of hydrazine groups is 1. The van der Waals surface area contributed by atoms with Gasteiger partial charge in [0.15, 0.2) is 11.5 Å². The zero-order valence-electron chi connectivity index (χ0n) is 18.3. The van der Waals surface area contributed by atoms with Gasteiger partial charge in [-0.2, -0.15) is 0 Å². The van der Waals surface area contributed by atoms with Crippen LogP contribution in [-0.4, -0.2) is 74.1 Å². The molecule has 1 aromatic carbocycles. The summed E-state index contributed by atoms with van der Waals surface area (Å²) in [5.74, 6) is 0.899. The molecule has 2 rings (SSSR count). The first kappa shape index (κ1) is 24.8. The molecule has 0 spiro atoms. The predicted octanol–water partition coefficient (Wildman–Crippen LogP) is 1.47. The highest BCUT2D eigenvalue weighted by atomic mass is 32.2. The molecule has 0 bridgehead atoms. The van der Waals surface area contributed by atoms with Gasteiger partial charge in [0.1, 0.15) is 0 Å². The molecule has 10 heteroatoms. The number of nitrogens with zero attached hydrogens (tertiary/aromatic N) is 1. The van der Waals surface area contributed by atoms with E-state index in [1.807, 2.05) is 0 Å². The summed E-state index contributed by atoms with van der Waals surface area (Å²) in [5, 5.41) is 0. The molecular weight excluding hydrogens is 422 g/mol. The number of amides is 3. The van der Waals surface area contributed by atoms with Crippen LogP contribution in [0.25, 0.3) is 0 Å². The smallest absolute Gasteiger partial charge is 0.269 e. The number of ether oxygens (including phenoxy) is 3. The van der Waals surface area contributed by atoms with Crippen LogP contribution in [0, 0.1) is 5.92 Å². The molecule has 1 aromatic rings. The van der Waals surface area contributed by atoms with E-state index in [9.17, 15) is 14.4 Å². The molecule has 0 radical (unpaired) electrons. The topological polar surface area (TPSA) is 106 Å². The molecule has 1 aliphatic rings. The zero-order valence-corrected chi connectivity index (χ0v) is 19.1. The van der Waals surface area contributed by atoms with E-state index in [0.717, 1.165) is 6.42 Å². The van der Waals surface area contributed by atoms with Crippen LogP contribution >= 0.6 is 11.8 Å². The number of methoxy groups -OCH3 is 1. The number of hydrogen-bond acceptors (Lipinski definition) is 7. The Balaban J connectivity index is 1.74. The first-order chi connectivity index (χ1) is 14.9. The highest BCUT2D eigenvalue weighted by Gasteiger charge is 2.17. The first-order valence-electron chi connectivity index (χ1n) is 10.2. The number of carbonyl (C=O) groups excluding carboxylic acids is 3. The fraction of sp³-hybridized carbons (Fsp3) is 0.571. The fourth-order valence-corrected chi connectivity index (χ4v) is 3.42. The van der Waals surface area contributed by atoms with Crippen molar-refractivity contribution < 1.29 is 28.6 Å². The van der Waals surface area contributed by atoms with Crippen LogP contribution in [0.3, 0.4) is 0 Å². The lowest BCUT2D eigenvalue weighted by Crippen LogP contribution is -2.43. The van der Waals surface area contributed by atoms with E-state index in [1.54, 1.807) is 23.1 Å². The zero-order chi connectivity index (χ0) is 22.6. The number of hydrogen-bond donors (Lipinski definition) is 2. The van der Waals surface area contributed by atoms with E-state index < -0.39 is 11.8 Å². The largest absolute Gasteiger partial charge is 0.493 e. The maximum atomic E-state index is 12.3. The van der Waals surface area contributed by atoms with E-state index in [-0.39, 0.29) is 17.4 Å². The summed E-state index contributed by atoms with van der Waals surface area (Å²) in [6, 6.07) is 4.83. The minimum Gasteiger partial charge on any atom is -0.493 e. The summed E-state index contributed by atoms with van der Waals surface area (Å²) in [4.78, 5) is 38.0. The van der Waals surface area contributed by atoms with Crippen molar-refractivity contribution in [3.8, 4) is 11.5 Å². The van der Waals surface area contributed by atoms with Crippen LogP contribution < -0.4 is 20.3 Å². The lowest BCUT2D eigenvalue weighted by atomic mass is 10.1. The summed E-state index contributed by atoms with van der Waals surface area (Å²) in [5.41, 5.74) is 5.05. The van der Waals surface area contributed by atoms with Gasteiger partial charge >= 0.3 is 0 Å². The lowest BCUT2D eigenvalue weighted by molar-refractivity contribution is -0.132. The molecule has 172 valence electrons. The van der Waals surface area contributed by atoms with Gasteiger partial charge in [-0.25, -0.2) is 0 Å². The lowest BCUT2D eigenvalue weighted by Gasteiger charge is -2.26. The Labute approximate surface area is 187 Å². The van der Waals surface area contributed by atoms with Gasteiger partial charge < -0.3 is 19.1 Å². The molecule has 0 atom stereocenters. The molecular formula is C21H31N3O6S. The Hall–Kier alpha value is -2.46. The number of thioether (sulfide) groups is 1. The molecule has 0 unspecified atom stereocenters. The molecule has 1 heterocycles. The van der Waals surface area contributed by atoms with Crippen LogP contribution in [0.15, 0.2) is 18.2 Å². The molecule has 1 fully saturated rings. The summed E-state index contributed by atoms with van der Waals surface area (Å²) in [6.07, 6.45) is 0.910. The highest BCUT2D eigenvalue weighted by Crippen LogP contribution is 2.28. The summed E-state index contributed by atoms with van der Waals surface area (Å²) >= 11 is 1.20. The van der Waals surface area contributed by atoms with E-state index in [0.29, 0.717) is 55.9 Å². The van der Waals surface area contributed by atoms with Crippen LogP contribution in [0.5, 0.6) is 11.5 Å². The minimum atomic E-state index is -0.477. The number of nitrogens with one attached hydrogen (secondary N) is 2. The van der Waals surface area contributed by atoms with E-state index >= 15 is 0 Å². The Morgan fingerprint density at radius 2 is 1.87 bits per heavy atom. The molecule has 0 saturated carbocycles. The number of morpholine rings is 1. The Morgan fingerprint density at radius 1 is 1.13 bits per heavy atom. The SMILES string of the molecule is COc1cc(C(=O)NNC(=O)CSCC(=O)N2CCOCC2)ccc1OCCC(C)C. The molecule has 9 nitrogen and oxygen atoms in total. The maximum Gasteiger partial charge on any atom is 0.269 e. The van der Waals surface area contributed by atoms with Crippen LogP contribution in [-0.2, 0) is 14.3 Å². The van der Waals surface area contributed by atoms with Gasteiger partial charge in [-0.15, -0.1) is 11.8 Å². The number of rotatable bonds is 10. The normalized spacial score (nSPS) is 13.6. The average Bonchev–Trinajstić information content (AvgIpc) is 2.77. The molecule has 2 N–H and O–H groups in total. The third-order valence-corrected chi connectivity index (χ3v) is 5.43. The summed E-state index contributed by atoms with van der Waals surface area (Å²) in [7, 11) is 1.50. The van der Waals surface area contributed by atoms with Crippen molar-refractivity contribution in [3.63, 3.8) is 0 Å². The highest BCUT2D eigenvalue weighted by molar-refractivity contribution is 8.00. The second kappa shape index (κ2) is 13.1. The predicted molar refractivity (Wildman–Crippen MR) is 118 cm³/mol. The molecule has 0 aliphatic carbocycles. The van der Waals surface area contributed by atoms with Crippen LogP contribution in [0.4, 0.5) is 0 Å². The van der Waals surface area contributed by atoms with E-state index in [1.165, 1.54) is 18.9 Å². The van der Waals surface area contributed by atoms with Crippen molar-refractivity contribution in [1.29, 1.82) is 0 Å². The maximum absolute atomic E-state index is 12.3. The number of carbonyl (C=O) groups is 3. The van der Waals surface area contributed by atoms with E-state index in [2.05, 4.69) is 24.7 Å². The quantitative estimate of drug-likeness (QED) is 0.517. The van der Waals surface area contributed by atoms with Crippen molar-refractivity contribution in [2.24, 2.45) is 5.92 Å². The third kappa shape index (κ3) is 8.66. The first-order valence-corrected chi connectivity index (χ1v) is 11.4. The Kier molecular flexibility index (Phi) is 10.5. The van der Waals surface area contributed by atoms with Crippen molar-refractivity contribution in [3.05, 3.63) is 23.8 Å². The molecule has 1 aliphatic heterocycles.